The third-order valence-electron chi connectivity index (χ3n) is 1.46. The normalized spacial score (nSPS) is 10.0. The van der Waals surface area contributed by atoms with Gasteiger partial charge in [-0.2, -0.15) is 0 Å². The molecule has 0 unspecified atom stereocenters. The Morgan fingerprint density at radius 3 is 3.08 bits per heavy atom. The quantitative estimate of drug-likeness (QED) is 0.681. The fourth-order valence-electron chi connectivity index (χ4n) is 0.941. The second-order valence-corrected chi connectivity index (χ2v) is 2.24. The lowest BCUT2D eigenvalue weighted by Gasteiger charge is -1.91. The first-order valence-electron chi connectivity index (χ1n) is 3.45. The summed E-state index contributed by atoms with van der Waals surface area (Å²) in [6.07, 6.45) is 4.50. The van der Waals surface area contributed by atoms with Gasteiger partial charge in [-0.1, -0.05) is 0 Å². The number of hydrogen-bond donors (Lipinski definition) is 1. The molecule has 1 N–H and O–H groups in total. The van der Waals surface area contributed by atoms with E-state index in [1.807, 2.05) is 0 Å². The van der Waals surface area contributed by atoms with Crippen LogP contribution in [0.5, 0.6) is 0 Å². The van der Waals surface area contributed by atoms with Crippen LogP contribution >= 0.6 is 0 Å². The zero-order valence-corrected chi connectivity index (χ0v) is 6.15. The van der Waals surface area contributed by atoms with Crippen molar-refractivity contribution in [2.24, 2.45) is 0 Å². The summed E-state index contributed by atoms with van der Waals surface area (Å²) in [6, 6.07) is 3.40. The number of furan rings is 1. The van der Waals surface area contributed by atoms with E-state index in [1.54, 1.807) is 12.1 Å². The van der Waals surface area contributed by atoms with Crippen LogP contribution in [0.4, 0.5) is 0 Å². The van der Waals surface area contributed by atoms with Crippen molar-refractivity contribution in [3.63, 3.8) is 0 Å². The SMILES string of the molecule is O=c1[nH]ccnc1-c1ccco1. The molecule has 0 amide bonds. The molecule has 0 aliphatic heterocycles. The largest absolute Gasteiger partial charge is 0.463 e. The average molecular weight is 162 g/mol. The molecule has 0 aliphatic rings. The van der Waals surface area contributed by atoms with Crippen LogP contribution in [0.25, 0.3) is 11.5 Å². The molecule has 0 saturated heterocycles. The molecule has 0 aromatic carbocycles. The van der Waals surface area contributed by atoms with Gasteiger partial charge in [0.05, 0.1) is 6.26 Å². The Morgan fingerprint density at radius 2 is 2.42 bits per heavy atom. The van der Waals surface area contributed by atoms with Crippen molar-refractivity contribution < 1.29 is 4.42 Å². The third kappa shape index (κ3) is 1.03. The van der Waals surface area contributed by atoms with E-state index in [9.17, 15) is 4.79 Å². The van der Waals surface area contributed by atoms with Crippen LogP contribution in [0.3, 0.4) is 0 Å². The van der Waals surface area contributed by atoms with E-state index < -0.39 is 0 Å². The summed E-state index contributed by atoms with van der Waals surface area (Å²) in [5, 5.41) is 0. The minimum absolute atomic E-state index is 0.243. The van der Waals surface area contributed by atoms with Crippen LogP contribution in [-0.2, 0) is 0 Å². The highest BCUT2D eigenvalue weighted by Crippen LogP contribution is 2.11. The first-order chi connectivity index (χ1) is 5.88. The number of H-pyrrole nitrogens is 1. The van der Waals surface area contributed by atoms with Gasteiger partial charge in [0.2, 0.25) is 0 Å². The van der Waals surface area contributed by atoms with E-state index in [2.05, 4.69) is 9.97 Å². The van der Waals surface area contributed by atoms with Gasteiger partial charge in [-0.15, -0.1) is 0 Å². The third-order valence-corrected chi connectivity index (χ3v) is 1.46. The van der Waals surface area contributed by atoms with Gasteiger partial charge in [-0.3, -0.25) is 4.79 Å². The van der Waals surface area contributed by atoms with E-state index in [0.717, 1.165) is 0 Å². The van der Waals surface area contributed by atoms with E-state index in [4.69, 9.17) is 4.42 Å². The molecule has 0 spiro atoms. The molecule has 2 aromatic heterocycles. The lowest BCUT2D eigenvalue weighted by atomic mass is 10.3. The maximum atomic E-state index is 11.1. The number of aromatic amines is 1. The molecule has 2 aromatic rings. The van der Waals surface area contributed by atoms with Crippen LogP contribution in [-0.4, -0.2) is 9.97 Å². The highest BCUT2D eigenvalue weighted by molar-refractivity contribution is 5.49. The zero-order chi connectivity index (χ0) is 8.39. The van der Waals surface area contributed by atoms with Crippen molar-refractivity contribution in [1.82, 2.24) is 9.97 Å². The van der Waals surface area contributed by atoms with Gasteiger partial charge in [-0.05, 0) is 12.1 Å². The number of nitrogens with zero attached hydrogens (tertiary/aromatic N) is 1. The molecule has 4 nitrogen and oxygen atoms in total. The van der Waals surface area contributed by atoms with E-state index in [0.29, 0.717) is 11.5 Å². The van der Waals surface area contributed by atoms with Gasteiger partial charge >= 0.3 is 0 Å². The fraction of sp³-hybridized carbons (Fsp3) is 0. The fourth-order valence-corrected chi connectivity index (χ4v) is 0.941. The second-order valence-electron chi connectivity index (χ2n) is 2.24. The van der Waals surface area contributed by atoms with Crippen molar-refractivity contribution in [3.8, 4) is 11.5 Å². The topological polar surface area (TPSA) is 58.9 Å². The number of aromatic nitrogens is 2. The molecule has 2 heterocycles. The Balaban J connectivity index is 2.63. The van der Waals surface area contributed by atoms with Crippen LogP contribution in [0.1, 0.15) is 0 Å². The first-order valence-corrected chi connectivity index (χ1v) is 3.45. The molecule has 0 radical (unpaired) electrons. The molecule has 0 aliphatic carbocycles. The van der Waals surface area contributed by atoms with Gasteiger partial charge in [-0.25, -0.2) is 4.98 Å². The number of nitrogens with one attached hydrogen (secondary N) is 1. The summed E-state index contributed by atoms with van der Waals surface area (Å²) in [7, 11) is 0. The first kappa shape index (κ1) is 6.84. The molecule has 0 fully saturated rings. The van der Waals surface area contributed by atoms with Crippen molar-refractivity contribution in [2.45, 2.75) is 0 Å². The standard InChI is InChI=1S/C8H6N2O2/c11-8-7(9-3-4-10-8)6-2-1-5-12-6/h1-5H,(H,10,11). The Bertz CT molecular complexity index is 417. The zero-order valence-electron chi connectivity index (χ0n) is 6.15. The lowest BCUT2D eigenvalue weighted by Crippen LogP contribution is -2.08. The summed E-state index contributed by atoms with van der Waals surface area (Å²) in [4.78, 5) is 17.5. The van der Waals surface area contributed by atoms with E-state index >= 15 is 0 Å². The van der Waals surface area contributed by atoms with Crippen molar-refractivity contribution in [3.05, 3.63) is 41.1 Å². The Morgan fingerprint density at radius 1 is 1.50 bits per heavy atom. The highest BCUT2D eigenvalue weighted by atomic mass is 16.3. The monoisotopic (exact) mass is 162 g/mol. The summed E-state index contributed by atoms with van der Waals surface area (Å²) < 4.78 is 5.02. The number of rotatable bonds is 1. The predicted molar refractivity (Wildman–Crippen MR) is 42.6 cm³/mol. The summed E-state index contributed by atoms with van der Waals surface area (Å²) in [6.45, 7) is 0. The summed E-state index contributed by atoms with van der Waals surface area (Å²) in [5.74, 6) is 0.483. The van der Waals surface area contributed by atoms with Gasteiger partial charge in [0.15, 0.2) is 11.5 Å². The van der Waals surface area contributed by atoms with Crippen LogP contribution in [0.15, 0.2) is 40.0 Å². The van der Waals surface area contributed by atoms with Gasteiger partial charge in [0.1, 0.15) is 0 Å². The Hall–Kier alpha value is -1.84. The molecule has 4 heteroatoms. The highest BCUT2D eigenvalue weighted by Gasteiger charge is 2.04. The summed E-state index contributed by atoms with van der Waals surface area (Å²) in [5.41, 5.74) is 0.0648. The Labute approximate surface area is 67.9 Å². The molecular formula is C8H6N2O2. The molecule has 12 heavy (non-hydrogen) atoms. The predicted octanol–water partition coefficient (Wildman–Crippen LogP) is 1.03. The van der Waals surface area contributed by atoms with Crippen molar-refractivity contribution in [1.29, 1.82) is 0 Å². The molecule has 0 atom stereocenters. The molecule has 0 bridgehead atoms. The minimum Gasteiger partial charge on any atom is -0.463 e. The molecule has 0 saturated carbocycles. The van der Waals surface area contributed by atoms with Gasteiger partial charge < -0.3 is 9.40 Å². The van der Waals surface area contributed by atoms with Crippen LogP contribution < -0.4 is 5.56 Å². The average Bonchev–Trinajstić information content (AvgIpc) is 2.57. The van der Waals surface area contributed by atoms with Gasteiger partial charge in [0.25, 0.3) is 5.56 Å². The van der Waals surface area contributed by atoms with Crippen molar-refractivity contribution >= 4 is 0 Å². The molecular weight excluding hydrogens is 156 g/mol. The van der Waals surface area contributed by atoms with Crippen molar-refractivity contribution in [2.75, 3.05) is 0 Å². The van der Waals surface area contributed by atoms with E-state index in [-0.39, 0.29) is 5.56 Å². The summed E-state index contributed by atoms with van der Waals surface area (Å²) >= 11 is 0. The number of hydrogen-bond acceptors (Lipinski definition) is 3. The smallest absolute Gasteiger partial charge is 0.277 e. The van der Waals surface area contributed by atoms with E-state index in [1.165, 1.54) is 18.7 Å². The second kappa shape index (κ2) is 2.65. The lowest BCUT2D eigenvalue weighted by molar-refractivity contribution is 0.579. The molecule has 2 rings (SSSR count). The maximum Gasteiger partial charge on any atom is 0.277 e. The molecule has 60 valence electrons. The minimum atomic E-state index is -0.243. The Kier molecular flexibility index (Phi) is 1.51. The maximum absolute atomic E-state index is 11.1. The van der Waals surface area contributed by atoms with Crippen LogP contribution in [0.2, 0.25) is 0 Å². The van der Waals surface area contributed by atoms with Crippen LogP contribution in [0, 0.1) is 0 Å². The van der Waals surface area contributed by atoms with Gasteiger partial charge in [0, 0.05) is 12.4 Å².